The average Bonchev–Trinajstić information content (AvgIpc) is 3.45. The summed E-state index contributed by atoms with van der Waals surface area (Å²) in [7, 11) is 3.37. The number of nitrogens with zero attached hydrogens (tertiary/aromatic N) is 5. The minimum Gasteiger partial charge on any atom is -0.452 e. The summed E-state index contributed by atoms with van der Waals surface area (Å²) >= 11 is 0. The zero-order valence-corrected chi connectivity index (χ0v) is 19.9. The zero-order chi connectivity index (χ0) is 24.7. The zero-order valence-electron chi connectivity index (χ0n) is 19.9. The van der Waals surface area contributed by atoms with E-state index in [1.165, 1.54) is 18.5 Å². The molecule has 0 radical (unpaired) electrons. The van der Waals surface area contributed by atoms with Crippen molar-refractivity contribution in [3.63, 3.8) is 0 Å². The van der Waals surface area contributed by atoms with Gasteiger partial charge < -0.3 is 14.9 Å². The molecule has 1 aliphatic rings. The monoisotopic (exact) mass is 478 g/mol. The highest BCUT2D eigenvalue weighted by atomic mass is 19.1. The number of nitrogens with two attached hydrogens (primary N) is 1. The molecular weight excluding hydrogens is 451 g/mol. The van der Waals surface area contributed by atoms with Crippen molar-refractivity contribution < 1.29 is 13.5 Å². The van der Waals surface area contributed by atoms with Crippen LogP contribution in [0.4, 0.5) is 4.39 Å². The molecule has 0 spiro atoms. The van der Waals surface area contributed by atoms with Gasteiger partial charge in [0.25, 0.3) is 0 Å². The average molecular weight is 479 g/mol. The van der Waals surface area contributed by atoms with E-state index >= 15 is 4.39 Å². The maximum absolute atomic E-state index is 15.1. The molecule has 1 aliphatic heterocycles. The fourth-order valence-electron chi connectivity index (χ4n) is 4.82. The van der Waals surface area contributed by atoms with Gasteiger partial charge in [0.05, 0.1) is 12.3 Å². The van der Waals surface area contributed by atoms with Crippen molar-refractivity contribution >= 4 is 33.9 Å². The highest BCUT2D eigenvalue weighted by Crippen LogP contribution is 2.38. The van der Waals surface area contributed by atoms with E-state index in [1.54, 1.807) is 41.8 Å². The maximum Gasteiger partial charge on any atom is 0.349 e. The van der Waals surface area contributed by atoms with Crippen molar-refractivity contribution in [2.75, 3.05) is 13.7 Å². The van der Waals surface area contributed by atoms with Gasteiger partial charge in [0.2, 0.25) is 0 Å². The fraction of sp³-hybridized carbons (Fsp3) is 0.360. The van der Waals surface area contributed by atoms with Crippen LogP contribution in [0.3, 0.4) is 0 Å². The lowest BCUT2D eigenvalue weighted by atomic mass is 10.00. The first-order valence-corrected chi connectivity index (χ1v) is 11.6. The highest BCUT2D eigenvalue weighted by Gasteiger charge is 2.29. The second-order valence-corrected chi connectivity index (χ2v) is 8.71. The van der Waals surface area contributed by atoms with Crippen molar-refractivity contribution in [1.82, 2.24) is 19.3 Å². The van der Waals surface area contributed by atoms with Gasteiger partial charge in [0.15, 0.2) is 5.58 Å². The van der Waals surface area contributed by atoms with E-state index in [-0.39, 0.29) is 17.7 Å². The van der Waals surface area contributed by atoms with E-state index in [9.17, 15) is 4.79 Å². The van der Waals surface area contributed by atoms with Gasteiger partial charge in [-0.25, -0.2) is 9.18 Å². The Labute approximate surface area is 200 Å². The van der Waals surface area contributed by atoms with Gasteiger partial charge in [0.1, 0.15) is 22.6 Å². The number of aromatic nitrogens is 4. The van der Waals surface area contributed by atoms with Crippen LogP contribution in [0.15, 0.2) is 44.9 Å². The van der Waals surface area contributed by atoms with E-state index in [4.69, 9.17) is 14.9 Å². The Bertz CT molecular complexity index is 1530. The number of hydrogen-bond acceptors (Lipinski definition) is 7. The Morgan fingerprint density at radius 2 is 2.23 bits per heavy atom. The lowest BCUT2D eigenvalue weighted by Crippen LogP contribution is -2.34. The van der Waals surface area contributed by atoms with Crippen LogP contribution < -0.4 is 11.4 Å². The van der Waals surface area contributed by atoms with Gasteiger partial charge in [-0.05, 0) is 25.3 Å². The predicted octanol–water partition coefficient (Wildman–Crippen LogP) is 3.81. The van der Waals surface area contributed by atoms with Gasteiger partial charge in [-0.1, -0.05) is 6.92 Å². The number of fused-ring (bicyclic) bond motifs is 3. The molecule has 10 heteroatoms. The van der Waals surface area contributed by atoms with Crippen molar-refractivity contribution in [2.45, 2.75) is 38.3 Å². The van der Waals surface area contributed by atoms with Crippen molar-refractivity contribution in [3.8, 4) is 11.3 Å². The van der Waals surface area contributed by atoms with Crippen LogP contribution in [0.25, 0.3) is 38.9 Å². The molecule has 4 heterocycles. The first kappa shape index (κ1) is 23.0. The number of furan rings is 1. The molecule has 0 amide bonds. The van der Waals surface area contributed by atoms with E-state index in [1.807, 2.05) is 0 Å². The molecule has 2 N–H and O–H groups in total. The molecular formula is C25H27FN6O3. The largest absolute Gasteiger partial charge is 0.452 e. The third-order valence-electron chi connectivity index (χ3n) is 6.52. The normalized spacial score (nSPS) is 19.4. The molecule has 2 unspecified atom stereocenters. The smallest absolute Gasteiger partial charge is 0.349 e. The molecule has 0 saturated carbocycles. The number of halogens is 1. The van der Waals surface area contributed by atoms with E-state index in [2.05, 4.69) is 22.0 Å². The number of allylic oxidation sites excluding steroid dienone is 1. The molecule has 1 aromatic carbocycles. The van der Waals surface area contributed by atoms with Crippen LogP contribution in [-0.2, 0) is 11.8 Å². The van der Waals surface area contributed by atoms with Crippen molar-refractivity contribution in [1.29, 1.82) is 0 Å². The molecule has 9 nitrogen and oxygen atoms in total. The van der Waals surface area contributed by atoms with Gasteiger partial charge >= 0.3 is 5.69 Å². The topological polar surface area (TPSA) is 113 Å². The van der Waals surface area contributed by atoms with Gasteiger partial charge in [0, 0.05) is 73.5 Å². The molecule has 1 saturated heterocycles. The summed E-state index contributed by atoms with van der Waals surface area (Å²) in [5.74, 6) is -0.505. The number of ether oxygens (including phenoxy) is 1. The first-order valence-electron chi connectivity index (χ1n) is 11.6. The fourth-order valence-corrected chi connectivity index (χ4v) is 4.82. The Morgan fingerprint density at radius 3 is 2.91 bits per heavy atom. The Kier molecular flexibility index (Phi) is 5.98. The highest BCUT2D eigenvalue weighted by molar-refractivity contribution is 6.13. The molecule has 0 bridgehead atoms. The molecule has 3 aromatic heterocycles. The summed E-state index contributed by atoms with van der Waals surface area (Å²) in [4.78, 5) is 21.9. The summed E-state index contributed by atoms with van der Waals surface area (Å²) < 4.78 is 30.5. The molecule has 5 rings (SSSR count). The van der Waals surface area contributed by atoms with Crippen LogP contribution in [-0.4, -0.2) is 45.3 Å². The third kappa shape index (κ3) is 3.93. The second kappa shape index (κ2) is 9.10. The molecule has 0 aliphatic carbocycles. The van der Waals surface area contributed by atoms with Crippen molar-refractivity contribution in [2.24, 2.45) is 17.8 Å². The van der Waals surface area contributed by atoms with E-state index < -0.39 is 11.5 Å². The summed E-state index contributed by atoms with van der Waals surface area (Å²) in [6.45, 7) is 2.61. The van der Waals surface area contributed by atoms with Gasteiger partial charge in [-0.15, -0.1) is 0 Å². The maximum atomic E-state index is 15.1. The standard InChI is InChI=1S/C25H27FN6O3/c1-4-17-7-16(5-6-34-17)32-23-19-8-18(14(10-27)11-28-2)20(26)9-21(19)35-24(23)22(30-25(32)33)15-12-29-31(3)13-15/h8-13,16-17H,4-7,27H2,1-3H3/b14-10+,28-11?. The van der Waals surface area contributed by atoms with Crippen LogP contribution in [0, 0.1) is 5.82 Å². The lowest BCUT2D eigenvalue weighted by molar-refractivity contribution is -0.00709. The van der Waals surface area contributed by atoms with E-state index in [0.717, 1.165) is 6.42 Å². The predicted molar refractivity (Wildman–Crippen MR) is 133 cm³/mol. The summed E-state index contributed by atoms with van der Waals surface area (Å²) in [5.41, 5.74) is 8.38. The number of aryl methyl sites for hydroxylation is 1. The molecule has 4 aromatic rings. The Morgan fingerprint density at radius 1 is 1.40 bits per heavy atom. The summed E-state index contributed by atoms with van der Waals surface area (Å²) in [5, 5.41) is 4.81. The summed E-state index contributed by atoms with van der Waals surface area (Å²) in [6, 6.07) is 2.85. The molecule has 1 fully saturated rings. The summed E-state index contributed by atoms with van der Waals surface area (Å²) in [6.07, 6.45) is 8.42. The third-order valence-corrected chi connectivity index (χ3v) is 6.52. The minimum absolute atomic E-state index is 0.0485. The minimum atomic E-state index is -0.505. The SMILES string of the molecule is CCC1CC(n2c(=O)nc(-c3cnn(C)c3)c3oc4cc(F)c(/C(C=NC)=C/N)cc4c32)CCO1. The Balaban J connectivity index is 1.86. The Hall–Kier alpha value is -3.79. The molecule has 35 heavy (non-hydrogen) atoms. The lowest BCUT2D eigenvalue weighted by Gasteiger charge is -2.30. The van der Waals surface area contributed by atoms with Crippen molar-refractivity contribution in [3.05, 3.63) is 52.6 Å². The number of rotatable bonds is 5. The molecule has 2 atom stereocenters. The number of benzene rings is 1. The number of aliphatic imine (C=N–C) groups is 1. The quantitative estimate of drug-likeness (QED) is 0.437. The van der Waals surface area contributed by atoms with Crippen LogP contribution in [0.2, 0.25) is 0 Å². The van der Waals surface area contributed by atoms with Gasteiger partial charge in [-0.2, -0.15) is 10.1 Å². The second-order valence-electron chi connectivity index (χ2n) is 8.71. The van der Waals surface area contributed by atoms with Gasteiger partial charge in [-0.3, -0.25) is 14.2 Å². The first-order chi connectivity index (χ1) is 16.9. The van der Waals surface area contributed by atoms with E-state index in [0.29, 0.717) is 58.3 Å². The van der Waals surface area contributed by atoms with Crippen LogP contribution in [0.5, 0.6) is 0 Å². The van der Waals surface area contributed by atoms with Crippen LogP contribution in [0.1, 0.15) is 37.8 Å². The van der Waals surface area contributed by atoms with Crippen LogP contribution >= 0.6 is 0 Å². The number of hydrogen-bond donors (Lipinski definition) is 1. The molecule has 182 valence electrons.